The predicted molar refractivity (Wildman–Crippen MR) is 125 cm³/mol. The van der Waals surface area contributed by atoms with Gasteiger partial charge >= 0.3 is 0 Å². The normalized spacial score (nSPS) is 14.2. The van der Waals surface area contributed by atoms with E-state index in [-0.39, 0.29) is 17.5 Å². The van der Waals surface area contributed by atoms with Gasteiger partial charge in [0.2, 0.25) is 5.91 Å². The van der Waals surface area contributed by atoms with Crippen molar-refractivity contribution in [1.82, 2.24) is 10.6 Å². The first-order valence-corrected chi connectivity index (χ1v) is 10.7. The van der Waals surface area contributed by atoms with E-state index in [1.165, 1.54) is 6.08 Å². The summed E-state index contributed by atoms with van der Waals surface area (Å²) in [6.07, 6.45) is 5.74. The van der Waals surface area contributed by atoms with Crippen LogP contribution in [-0.2, 0) is 9.53 Å². The number of allylic oxidation sites excluding steroid dienone is 2. The van der Waals surface area contributed by atoms with Gasteiger partial charge in [-0.05, 0) is 37.1 Å². The van der Waals surface area contributed by atoms with E-state index in [4.69, 9.17) is 10.6 Å². The van der Waals surface area contributed by atoms with E-state index < -0.39 is 0 Å². The quantitative estimate of drug-likeness (QED) is 0.152. The van der Waals surface area contributed by atoms with Crippen molar-refractivity contribution in [2.45, 2.75) is 25.7 Å². The lowest BCUT2D eigenvalue weighted by Gasteiger charge is -2.29. The number of unbranched alkanes of at least 4 members (excludes halogenated alkanes) is 2. The maximum atomic E-state index is 12.5. The topological polar surface area (TPSA) is 121 Å². The zero-order valence-electron chi connectivity index (χ0n) is 18.4. The Morgan fingerprint density at radius 3 is 2.72 bits per heavy atom. The molecule has 0 unspecified atom stereocenters. The Morgan fingerprint density at radius 2 is 2.00 bits per heavy atom. The first-order valence-electron chi connectivity index (χ1n) is 10.7. The van der Waals surface area contributed by atoms with Crippen LogP contribution in [0.5, 0.6) is 0 Å². The van der Waals surface area contributed by atoms with Gasteiger partial charge in [0, 0.05) is 37.3 Å². The van der Waals surface area contributed by atoms with Gasteiger partial charge in [0.05, 0.1) is 18.9 Å². The second-order valence-corrected chi connectivity index (χ2v) is 7.24. The van der Waals surface area contributed by atoms with Gasteiger partial charge < -0.3 is 26.1 Å². The van der Waals surface area contributed by atoms with E-state index in [9.17, 15) is 9.59 Å². The molecule has 1 aliphatic heterocycles. The zero-order chi connectivity index (χ0) is 23.2. The molecule has 1 saturated heterocycles. The highest BCUT2D eigenvalue weighted by Gasteiger charge is 2.13. The molecule has 0 aromatic heterocycles. The molecule has 1 fully saturated rings. The molecule has 172 valence electrons. The summed E-state index contributed by atoms with van der Waals surface area (Å²) >= 11 is 0. The van der Waals surface area contributed by atoms with Gasteiger partial charge in [0.25, 0.3) is 5.91 Å². The molecule has 9 heteroatoms. The monoisotopic (exact) mass is 440 g/mol. The molecule has 0 bridgehead atoms. The van der Waals surface area contributed by atoms with Crippen LogP contribution in [0.2, 0.25) is 0 Å². The highest BCUT2D eigenvalue weighted by Crippen LogP contribution is 2.17. The summed E-state index contributed by atoms with van der Waals surface area (Å²) in [6, 6.07) is 7.64. The Kier molecular flexibility index (Phi) is 10.7. The van der Waals surface area contributed by atoms with Crippen LogP contribution in [0.3, 0.4) is 0 Å². The van der Waals surface area contributed by atoms with Crippen LogP contribution in [0.15, 0.2) is 71.3 Å². The second-order valence-electron chi connectivity index (χ2n) is 7.24. The number of nitrogens with zero attached hydrogens (tertiary/aromatic N) is 3. The van der Waals surface area contributed by atoms with Gasteiger partial charge in [-0.25, -0.2) is 0 Å². The second kappa shape index (κ2) is 13.8. The first kappa shape index (κ1) is 24.8. The van der Waals surface area contributed by atoms with Crippen LogP contribution in [-0.4, -0.2) is 44.7 Å². The summed E-state index contributed by atoms with van der Waals surface area (Å²) in [6.45, 7) is 10.9. The smallest absolute Gasteiger partial charge is 0.251 e. The van der Waals surface area contributed by atoms with Crippen molar-refractivity contribution in [2.24, 2.45) is 16.2 Å². The lowest BCUT2D eigenvalue weighted by molar-refractivity contribution is -0.120. The Hall–Kier alpha value is -3.46. The molecule has 2 rings (SSSR count). The van der Waals surface area contributed by atoms with Gasteiger partial charge in [0.15, 0.2) is 0 Å². The van der Waals surface area contributed by atoms with Crippen LogP contribution < -0.4 is 21.4 Å². The molecular formula is C23H32N6O3. The minimum Gasteiger partial charge on any atom is -0.378 e. The lowest BCUT2D eigenvalue weighted by atomic mass is 10.1. The molecule has 32 heavy (non-hydrogen) atoms. The average molecular weight is 441 g/mol. The molecule has 0 saturated carbocycles. The lowest BCUT2D eigenvalue weighted by Crippen LogP contribution is -2.36. The third kappa shape index (κ3) is 8.35. The molecule has 1 aromatic carbocycles. The Labute approximate surface area is 189 Å². The Morgan fingerprint density at radius 1 is 1.22 bits per heavy atom. The predicted octanol–water partition coefficient (Wildman–Crippen LogP) is 2.84. The number of rotatable bonds is 12. The number of benzene rings is 1. The van der Waals surface area contributed by atoms with Crippen LogP contribution >= 0.6 is 0 Å². The summed E-state index contributed by atoms with van der Waals surface area (Å²) < 4.78 is 5.38. The number of nitrogens with two attached hydrogens (primary N) is 1. The SMILES string of the molecule is C=C/C=C(/NC(=O)CCCCCNC(=O)c1cccc(N2CCOCC2)c1)C(=C)N=NN. The number of carbonyl (C=O) groups excluding carboxylic acids is 2. The minimum absolute atomic E-state index is 0.0929. The number of hydrogen-bond acceptors (Lipinski definition) is 6. The van der Waals surface area contributed by atoms with Gasteiger partial charge in [0.1, 0.15) is 5.70 Å². The number of ether oxygens (including phenoxy) is 1. The zero-order valence-corrected chi connectivity index (χ0v) is 18.4. The fraction of sp³-hybridized carbons (Fsp3) is 0.391. The van der Waals surface area contributed by atoms with Gasteiger partial charge in [-0.1, -0.05) is 36.9 Å². The van der Waals surface area contributed by atoms with Crippen molar-refractivity contribution in [3.8, 4) is 0 Å². The van der Waals surface area contributed by atoms with E-state index in [0.29, 0.717) is 43.9 Å². The summed E-state index contributed by atoms with van der Waals surface area (Å²) in [5.41, 5.74) is 2.34. The molecule has 1 heterocycles. The van der Waals surface area contributed by atoms with Crippen molar-refractivity contribution in [1.29, 1.82) is 0 Å². The molecule has 0 atom stereocenters. The molecule has 0 radical (unpaired) electrons. The third-order valence-corrected chi connectivity index (χ3v) is 4.90. The molecule has 0 aliphatic carbocycles. The average Bonchev–Trinajstić information content (AvgIpc) is 2.81. The first-order chi connectivity index (χ1) is 15.5. The number of amides is 2. The summed E-state index contributed by atoms with van der Waals surface area (Å²) in [7, 11) is 0. The number of hydrogen-bond donors (Lipinski definition) is 3. The van der Waals surface area contributed by atoms with E-state index in [1.54, 1.807) is 6.08 Å². The number of anilines is 1. The van der Waals surface area contributed by atoms with Crippen molar-refractivity contribution in [2.75, 3.05) is 37.7 Å². The van der Waals surface area contributed by atoms with Gasteiger partial charge in [-0.2, -0.15) is 0 Å². The summed E-state index contributed by atoms with van der Waals surface area (Å²) in [5, 5.41) is 12.5. The van der Waals surface area contributed by atoms with Crippen molar-refractivity contribution < 1.29 is 14.3 Å². The Bertz CT molecular complexity index is 859. The molecule has 0 spiro atoms. The summed E-state index contributed by atoms with van der Waals surface area (Å²) in [5.74, 6) is 4.77. The molecule has 2 amide bonds. The van der Waals surface area contributed by atoms with Gasteiger partial charge in [-0.15, -0.1) is 5.11 Å². The number of nitrogens with one attached hydrogen (secondary N) is 2. The Balaban J connectivity index is 1.68. The third-order valence-electron chi connectivity index (χ3n) is 4.90. The highest BCUT2D eigenvalue weighted by atomic mass is 16.5. The van der Waals surface area contributed by atoms with E-state index in [2.05, 4.69) is 39.0 Å². The highest BCUT2D eigenvalue weighted by molar-refractivity contribution is 5.95. The molecule has 9 nitrogen and oxygen atoms in total. The van der Waals surface area contributed by atoms with Crippen molar-refractivity contribution in [3.05, 3.63) is 66.5 Å². The maximum absolute atomic E-state index is 12.5. The van der Waals surface area contributed by atoms with Crippen LogP contribution in [0, 0.1) is 0 Å². The summed E-state index contributed by atoms with van der Waals surface area (Å²) in [4.78, 5) is 26.8. The van der Waals surface area contributed by atoms with Crippen LogP contribution in [0.25, 0.3) is 0 Å². The van der Waals surface area contributed by atoms with Crippen LogP contribution in [0.4, 0.5) is 5.69 Å². The largest absolute Gasteiger partial charge is 0.378 e. The minimum atomic E-state index is -0.157. The number of carbonyl (C=O) groups is 2. The maximum Gasteiger partial charge on any atom is 0.251 e. The van der Waals surface area contributed by atoms with Crippen molar-refractivity contribution >= 4 is 17.5 Å². The van der Waals surface area contributed by atoms with Gasteiger partial charge in [-0.3, -0.25) is 9.59 Å². The molecule has 4 N–H and O–H groups in total. The van der Waals surface area contributed by atoms with E-state index in [0.717, 1.165) is 31.6 Å². The molecule has 1 aromatic rings. The fourth-order valence-corrected chi connectivity index (χ4v) is 3.22. The van der Waals surface area contributed by atoms with E-state index >= 15 is 0 Å². The van der Waals surface area contributed by atoms with E-state index in [1.807, 2.05) is 24.3 Å². The fourth-order valence-electron chi connectivity index (χ4n) is 3.22. The molecular weight excluding hydrogens is 408 g/mol. The molecule has 1 aliphatic rings. The standard InChI is InChI=1S/C23H32N6O3/c1-3-8-21(18(2)27-28-24)26-22(30)11-5-4-6-12-25-23(31)19-9-7-10-20(17-19)29-13-15-32-16-14-29/h3,7-10,17H,1-2,4-6,11-16H2,(H2,24,27)(H,25,31)(H,26,30)/b21-8+. The van der Waals surface area contributed by atoms with Crippen LogP contribution in [0.1, 0.15) is 36.0 Å². The van der Waals surface area contributed by atoms with Crippen molar-refractivity contribution in [3.63, 3.8) is 0 Å². The number of morpholine rings is 1.